The van der Waals surface area contributed by atoms with Crippen LogP contribution in [0.25, 0.3) is 0 Å². The molecule has 0 spiro atoms. The number of aryl methyl sites for hydroxylation is 2. The number of carbonyl (C=O) groups is 1. The first-order chi connectivity index (χ1) is 9.35. The minimum absolute atomic E-state index is 0.0199. The summed E-state index contributed by atoms with van der Waals surface area (Å²) in [7, 11) is 0. The summed E-state index contributed by atoms with van der Waals surface area (Å²) in [5, 5.41) is 12.5. The number of thioether (sulfide) groups is 1. The smallest absolute Gasteiger partial charge is 0.233 e. The van der Waals surface area contributed by atoms with E-state index in [2.05, 4.69) is 30.2 Å². The number of aromatic nitrogens is 1. The van der Waals surface area contributed by atoms with Crippen LogP contribution < -0.4 is 5.32 Å². The molecule has 1 atom stereocenters. The molecule has 0 bridgehead atoms. The van der Waals surface area contributed by atoms with Gasteiger partial charge in [-0.3, -0.25) is 4.79 Å². The highest BCUT2D eigenvalue weighted by atomic mass is 32.2. The highest BCUT2D eigenvalue weighted by molar-refractivity contribution is 8.00. The number of nitrogens with zero attached hydrogens (tertiary/aromatic N) is 2. The van der Waals surface area contributed by atoms with Gasteiger partial charge in [-0.2, -0.15) is 5.26 Å². The van der Waals surface area contributed by atoms with Crippen LogP contribution in [0, 0.1) is 31.1 Å². The normalized spacial score (nSPS) is 12.1. The van der Waals surface area contributed by atoms with Crippen LogP contribution in [0.15, 0.2) is 11.1 Å². The average molecular weight is 291 g/mol. The average Bonchev–Trinajstić information content (AvgIpc) is 2.35. The van der Waals surface area contributed by atoms with Crippen LogP contribution in [0.1, 0.15) is 37.6 Å². The second kappa shape index (κ2) is 7.30. The number of nitriles is 1. The molecule has 0 saturated heterocycles. The second-order valence-electron chi connectivity index (χ2n) is 5.27. The highest BCUT2D eigenvalue weighted by Gasteiger charge is 2.18. The zero-order valence-electron chi connectivity index (χ0n) is 12.7. The fourth-order valence-electron chi connectivity index (χ4n) is 1.69. The zero-order valence-corrected chi connectivity index (χ0v) is 13.5. The fraction of sp³-hybridized carbons (Fsp3) is 0.533. The number of hydrogen-bond donors (Lipinski definition) is 1. The topological polar surface area (TPSA) is 65.8 Å². The van der Waals surface area contributed by atoms with Crippen LogP contribution in [-0.4, -0.2) is 22.7 Å². The van der Waals surface area contributed by atoms with Crippen LogP contribution in [0.5, 0.6) is 0 Å². The van der Waals surface area contributed by atoms with Crippen LogP contribution in [0.2, 0.25) is 0 Å². The number of nitrogens with one attached hydrogen (secondary N) is 1. The summed E-state index contributed by atoms with van der Waals surface area (Å²) in [4.78, 5) is 16.4. The summed E-state index contributed by atoms with van der Waals surface area (Å²) >= 11 is 1.34. The van der Waals surface area contributed by atoms with E-state index in [9.17, 15) is 10.1 Å². The Labute approximate surface area is 125 Å². The van der Waals surface area contributed by atoms with Crippen molar-refractivity contribution in [2.75, 3.05) is 6.54 Å². The molecular weight excluding hydrogens is 270 g/mol. The predicted molar refractivity (Wildman–Crippen MR) is 81.6 cm³/mol. The molecule has 0 aliphatic heterocycles. The van der Waals surface area contributed by atoms with Crippen molar-refractivity contribution in [1.82, 2.24) is 10.3 Å². The van der Waals surface area contributed by atoms with Gasteiger partial charge in [0, 0.05) is 12.2 Å². The Kier molecular flexibility index (Phi) is 6.03. The molecule has 1 aromatic rings. The lowest BCUT2D eigenvalue weighted by Crippen LogP contribution is -2.33. The van der Waals surface area contributed by atoms with Gasteiger partial charge in [0.15, 0.2) is 0 Å². The lowest BCUT2D eigenvalue weighted by atomic mass is 10.1. The van der Waals surface area contributed by atoms with Crippen LogP contribution in [-0.2, 0) is 4.79 Å². The van der Waals surface area contributed by atoms with Gasteiger partial charge in [-0.15, -0.1) is 0 Å². The van der Waals surface area contributed by atoms with Gasteiger partial charge < -0.3 is 5.32 Å². The molecule has 0 aliphatic rings. The standard InChI is InChI=1S/C15H21N3OS/c1-9(2)8-17-14(19)12(5)20-15-13(7-16)10(3)6-11(4)18-15/h6,9,12H,8H2,1-5H3,(H,17,19). The van der Waals surface area contributed by atoms with Gasteiger partial charge in [0.25, 0.3) is 0 Å². The summed E-state index contributed by atoms with van der Waals surface area (Å²) in [5.74, 6) is 0.402. The molecule has 1 amide bonds. The van der Waals surface area contributed by atoms with E-state index >= 15 is 0 Å². The summed E-state index contributed by atoms with van der Waals surface area (Å²) in [6.45, 7) is 10.4. The minimum Gasteiger partial charge on any atom is -0.355 e. The summed E-state index contributed by atoms with van der Waals surface area (Å²) in [6, 6.07) is 4.05. The van der Waals surface area contributed by atoms with Gasteiger partial charge in [-0.1, -0.05) is 25.6 Å². The zero-order chi connectivity index (χ0) is 15.3. The van der Waals surface area contributed by atoms with Crippen molar-refractivity contribution in [2.45, 2.75) is 44.9 Å². The molecule has 0 fully saturated rings. The molecule has 4 nitrogen and oxygen atoms in total. The van der Waals surface area contributed by atoms with Gasteiger partial charge in [0.2, 0.25) is 5.91 Å². The summed E-state index contributed by atoms with van der Waals surface area (Å²) < 4.78 is 0. The third-order valence-electron chi connectivity index (χ3n) is 2.77. The van der Waals surface area contributed by atoms with E-state index in [1.807, 2.05) is 26.8 Å². The van der Waals surface area contributed by atoms with Crippen molar-refractivity contribution < 1.29 is 4.79 Å². The predicted octanol–water partition coefficient (Wildman–Crippen LogP) is 2.82. The highest BCUT2D eigenvalue weighted by Crippen LogP contribution is 2.27. The molecule has 108 valence electrons. The van der Waals surface area contributed by atoms with Crippen LogP contribution >= 0.6 is 11.8 Å². The van der Waals surface area contributed by atoms with Gasteiger partial charge in [0.05, 0.1) is 10.8 Å². The SMILES string of the molecule is Cc1cc(C)c(C#N)c(SC(C)C(=O)NCC(C)C)n1. The van der Waals surface area contributed by atoms with Crippen molar-refractivity contribution in [3.8, 4) is 6.07 Å². The number of hydrogen-bond acceptors (Lipinski definition) is 4. The van der Waals surface area contributed by atoms with E-state index in [-0.39, 0.29) is 11.2 Å². The van der Waals surface area contributed by atoms with Crippen molar-refractivity contribution in [2.24, 2.45) is 5.92 Å². The summed E-state index contributed by atoms with van der Waals surface area (Å²) in [5.41, 5.74) is 2.32. The Hall–Kier alpha value is -1.54. The summed E-state index contributed by atoms with van der Waals surface area (Å²) in [6.07, 6.45) is 0. The molecule has 1 aromatic heterocycles. The molecule has 0 aliphatic carbocycles. The monoisotopic (exact) mass is 291 g/mol. The van der Waals surface area contributed by atoms with E-state index in [0.717, 1.165) is 11.3 Å². The molecule has 1 N–H and O–H groups in total. The first kappa shape index (κ1) is 16.5. The first-order valence-electron chi connectivity index (χ1n) is 6.67. The van der Waals surface area contributed by atoms with Crippen molar-refractivity contribution in [3.05, 3.63) is 22.9 Å². The lowest BCUT2D eigenvalue weighted by Gasteiger charge is -2.14. The van der Waals surface area contributed by atoms with E-state index < -0.39 is 0 Å². The van der Waals surface area contributed by atoms with E-state index in [1.165, 1.54) is 11.8 Å². The van der Waals surface area contributed by atoms with Gasteiger partial charge in [-0.25, -0.2) is 4.98 Å². The Morgan fingerprint density at radius 3 is 2.65 bits per heavy atom. The molecule has 1 heterocycles. The molecule has 5 heteroatoms. The second-order valence-corrected chi connectivity index (χ2v) is 6.60. The molecule has 1 unspecified atom stereocenters. The third kappa shape index (κ3) is 4.53. The quantitative estimate of drug-likeness (QED) is 0.847. The molecule has 0 saturated carbocycles. The van der Waals surface area contributed by atoms with Gasteiger partial charge in [0.1, 0.15) is 11.1 Å². The Morgan fingerprint density at radius 1 is 1.45 bits per heavy atom. The van der Waals surface area contributed by atoms with Crippen molar-refractivity contribution in [1.29, 1.82) is 5.26 Å². The third-order valence-corrected chi connectivity index (χ3v) is 3.85. The van der Waals surface area contributed by atoms with Crippen molar-refractivity contribution >= 4 is 17.7 Å². The first-order valence-corrected chi connectivity index (χ1v) is 7.55. The van der Waals surface area contributed by atoms with Crippen molar-refractivity contribution in [3.63, 3.8) is 0 Å². The van der Waals surface area contributed by atoms with Gasteiger partial charge in [-0.05, 0) is 38.3 Å². The molecular formula is C15H21N3OS. The fourth-order valence-corrected chi connectivity index (χ4v) is 2.74. The number of carbonyl (C=O) groups excluding carboxylic acids is 1. The van der Waals surface area contributed by atoms with Gasteiger partial charge >= 0.3 is 0 Å². The van der Waals surface area contributed by atoms with Crippen LogP contribution in [0.4, 0.5) is 0 Å². The maximum Gasteiger partial charge on any atom is 0.233 e. The Balaban J connectivity index is 2.83. The maximum atomic E-state index is 12.0. The Morgan fingerprint density at radius 2 is 2.10 bits per heavy atom. The molecule has 1 rings (SSSR count). The number of pyridine rings is 1. The lowest BCUT2D eigenvalue weighted by molar-refractivity contribution is -0.120. The van der Waals surface area contributed by atoms with E-state index in [1.54, 1.807) is 0 Å². The van der Waals surface area contributed by atoms with E-state index in [0.29, 0.717) is 23.1 Å². The molecule has 20 heavy (non-hydrogen) atoms. The Bertz CT molecular complexity index is 535. The number of rotatable bonds is 5. The minimum atomic E-state index is -0.269. The van der Waals surface area contributed by atoms with E-state index in [4.69, 9.17) is 0 Å². The number of amides is 1. The molecule has 0 aromatic carbocycles. The largest absolute Gasteiger partial charge is 0.355 e. The van der Waals surface area contributed by atoms with Crippen LogP contribution in [0.3, 0.4) is 0 Å². The maximum absolute atomic E-state index is 12.0. The molecule has 0 radical (unpaired) electrons.